The van der Waals surface area contributed by atoms with Gasteiger partial charge in [0.2, 0.25) is 0 Å². The van der Waals surface area contributed by atoms with Crippen LogP contribution in [0.15, 0.2) is 30.5 Å². The van der Waals surface area contributed by atoms with Crippen LogP contribution in [0.3, 0.4) is 0 Å². The lowest BCUT2D eigenvalue weighted by Crippen LogP contribution is -2.39. The summed E-state index contributed by atoms with van der Waals surface area (Å²) in [6, 6.07) is 7.09. The fraction of sp³-hybridized carbons (Fsp3) is 0.375. The zero-order chi connectivity index (χ0) is 14.8. The summed E-state index contributed by atoms with van der Waals surface area (Å²) < 4.78 is 0. The molecule has 2 heterocycles. The van der Waals surface area contributed by atoms with Gasteiger partial charge in [0.1, 0.15) is 0 Å². The summed E-state index contributed by atoms with van der Waals surface area (Å²) in [5.74, 6) is 0.422. The standard InChI is InChI=1S/C16H18ClN3O/c1-11-9-18-19-15(11)13-3-2-8-20(10-13)16(21)12-4-6-14(17)7-5-12/h4-7,9,13H,2-3,8,10H2,1H3,(H,18,19). The summed E-state index contributed by atoms with van der Waals surface area (Å²) in [5.41, 5.74) is 3.02. The Bertz CT molecular complexity index is 635. The van der Waals surface area contributed by atoms with Gasteiger partial charge < -0.3 is 4.90 Å². The quantitative estimate of drug-likeness (QED) is 0.924. The fourth-order valence-corrected chi connectivity index (χ4v) is 3.07. The maximum Gasteiger partial charge on any atom is 0.253 e. The van der Waals surface area contributed by atoms with Crippen LogP contribution in [-0.2, 0) is 0 Å². The van der Waals surface area contributed by atoms with E-state index in [2.05, 4.69) is 17.1 Å². The molecule has 5 heteroatoms. The number of amides is 1. The lowest BCUT2D eigenvalue weighted by atomic mass is 9.92. The molecule has 110 valence electrons. The summed E-state index contributed by atoms with van der Waals surface area (Å²) >= 11 is 5.87. The van der Waals surface area contributed by atoms with Crippen LogP contribution < -0.4 is 0 Å². The highest BCUT2D eigenvalue weighted by atomic mass is 35.5. The highest BCUT2D eigenvalue weighted by molar-refractivity contribution is 6.30. The average molecular weight is 304 g/mol. The lowest BCUT2D eigenvalue weighted by molar-refractivity contribution is 0.0705. The lowest BCUT2D eigenvalue weighted by Gasteiger charge is -2.32. The third-order valence-corrected chi connectivity index (χ3v) is 4.33. The second-order valence-corrected chi connectivity index (χ2v) is 6.00. The zero-order valence-electron chi connectivity index (χ0n) is 12.0. The Kier molecular flexibility index (Phi) is 3.97. The molecule has 1 amide bonds. The fourth-order valence-electron chi connectivity index (χ4n) is 2.94. The van der Waals surface area contributed by atoms with E-state index in [4.69, 9.17) is 11.6 Å². The van der Waals surface area contributed by atoms with Crippen molar-refractivity contribution in [2.75, 3.05) is 13.1 Å². The Morgan fingerprint density at radius 3 is 2.81 bits per heavy atom. The minimum atomic E-state index is 0.0773. The third kappa shape index (κ3) is 2.95. The van der Waals surface area contributed by atoms with Crippen LogP contribution in [0.1, 0.15) is 40.4 Å². The van der Waals surface area contributed by atoms with Gasteiger partial charge in [-0.2, -0.15) is 5.10 Å². The van der Waals surface area contributed by atoms with Crippen molar-refractivity contribution >= 4 is 17.5 Å². The highest BCUT2D eigenvalue weighted by Crippen LogP contribution is 2.28. The number of H-pyrrole nitrogens is 1. The van der Waals surface area contributed by atoms with Crippen LogP contribution in [0.2, 0.25) is 5.02 Å². The van der Waals surface area contributed by atoms with Gasteiger partial charge in [-0.05, 0) is 49.6 Å². The molecule has 1 aromatic carbocycles. The van der Waals surface area contributed by atoms with Crippen molar-refractivity contribution in [2.45, 2.75) is 25.7 Å². The van der Waals surface area contributed by atoms with Crippen LogP contribution in [0.25, 0.3) is 0 Å². The molecule has 1 unspecified atom stereocenters. The van der Waals surface area contributed by atoms with E-state index < -0.39 is 0 Å². The molecule has 0 saturated carbocycles. The van der Waals surface area contributed by atoms with E-state index in [0.717, 1.165) is 31.6 Å². The van der Waals surface area contributed by atoms with Gasteiger partial charge in [-0.1, -0.05) is 11.6 Å². The molecule has 2 aromatic rings. The van der Waals surface area contributed by atoms with E-state index in [0.29, 0.717) is 16.5 Å². The molecule has 1 N–H and O–H groups in total. The van der Waals surface area contributed by atoms with Crippen LogP contribution in [0, 0.1) is 6.92 Å². The van der Waals surface area contributed by atoms with E-state index in [1.54, 1.807) is 24.3 Å². The molecule has 0 bridgehead atoms. The Hall–Kier alpha value is -1.81. The minimum Gasteiger partial charge on any atom is -0.338 e. The SMILES string of the molecule is Cc1cn[nH]c1C1CCCN(C(=O)c2ccc(Cl)cc2)C1. The number of aromatic amines is 1. The number of hydrogen-bond acceptors (Lipinski definition) is 2. The van der Waals surface area contributed by atoms with Gasteiger partial charge in [0.25, 0.3) is 5.91 Å². The minimum absolute atomic E-state index is 0.0773. The van der Waals surface area contributed by atoms with E-state index in [-0.39, 0.29) is 5.91 Å². The number of aryl methyl sites for hydroxylation is 1. The monoisotopic (exact) mass is 303 g/mol. The largest absolute Gasteiger partial charge is 0.338 e. The van der Waals surface area contributed by atoms with Gasteiger partial charge in [-0.25, -0.2) is 0 Å². The molecule has 1 saturated heterocycles. The maximum atomic E-state index is 12.6. The third-order valence-electron chi connectivity index (χ3n) is 4.08. The zero-order valence-corrected chi connectivity index (χ0v) is 12.7. The van der Waals surface area contributed by atoms with Crippen LogP contribution in [0.5, 0.6) is 0 Å². The van der Waals surface area contributed by atoms with Gasteiger partial charge in [-0.3, -0.25) is 9.89 Å². The van der Waals surface area contributed by atoms with E-state index in [1.807, 2.05) is 11.1 Å². The number of nitrogens with one attached hydrogen (secondary N) is 1. The topological polar surface area (TPSA) is 49.0 Å². The molecule has 1 fully saturated rings. The van der Waals surface area contributed by atoms with Gasteiger partial charge in [0.05, 0.1) is 6.20 Å². The molecular formula is C16H18ClN3O. The number of carbonyl (C=O) groups is 1. The van der Waals surface area contributed by atoms with Crippen LogP contribution in [-0.4, -0.2) is 34.1 Å². The first-order chi connectivity index (χ1) is 10.1. The summed E-state index contributed by atoms with van der Waals surface area (Å²) in [4.78, 5) is 14.5. The summed E-state index contributed by atoms with van der Waals surface area (Å²) in [6.45, 7) is 3.61. The van der Waals surface area contributed by atoms with Crippen molar-refractivity contribution in [3.63, 3.8) is 0 Å². The summed E-state index contributed by atoms with van der Waals surface area (Å²) in [5, 5.41) is 7.82. The molecule has 3 rings (SSSR count). The van der Waals surface area contributed by atoms with E-state index in [9.17, 15) is 4.79 Å². The Morgan fingerprint density at radius 2 is 2.14 bits per heavy atom. The van der Waals surface area contributed by atoms with Gasteiger partial charge >= 0.3 is 0 Å². The number of aromatic nitrogens is 2. The van der Waals surface area contributed by atoms with Crippen LogP contribution in [0.4, 0.5) is 0 Å². The normalized spacial score (nSPS) is 18.8. The molecule has 0 spiro atoms. The summed E-state index contributed by atoms with van der Waals surface area (Å²) in [7, 11) is 0. The van der Waals surface area contributed by atoms with Crippen LogP contribution >= 0.6 is 11.6 Å². The number of benzene rings is 1. The first-order valence-corrected chi connectivity index (χ1v) is 7.57. The molecule has 0 aliphatic carbocycles. The molecular weight excluding hydrogens is 286 g/mol. The number of carbonyl (C=O) groups excluding carboxylic acids is 1. The van der Waals surface area contributed by atoms with Crippen molar-refractivity contribution in [1.29, 1.82) is 0 Å². The Balaban J connectivity index is 1.75. The molecule has 4 nitrogen and oxygen atoms in total. The van der Waals surface area contributed by atoms with Gasteiger partial charge in [-0.15, -0.1) is 0 Å². The average Bonchev–Trinajstić information content (AvgIpc) is 2.94. The van der Waals surface area contributed by atoms with E-state index in [1.165, 1.54) is 5.56 Å². The predicted octanol–water partition coefficient (Wildman–Crippen LogP) is 3.39. The molecule has 0 radical (unpaired) electrons. The number of rotatable bonds is 2. The summed E-state index contributed by atoms with van der Waals surface area (Å²) in [6.07, 6.45) is 3.95. The second-order valence-electron chi connectivity index (χ2n) is 5.56. The molecule has 1 atom stereocenters. The Morgan fingerprint density at radius 1 is 1.38 bits per heavy atom. The van der Waals surface area contributed by atoms with Gasteiger partial charge in [0, 0.05) is 35.3 Å². The second kappa shape index (κ2) is 5.90. The molecule has 21 heavy (non-hydrogen) atoms. The smallest absolute Gasteiger partial charge is 0.253 e. The number of halogens is 1. The molecule has 1 aliphatic rings. The van der Waals surface area contributed by atoms with Crippen molar-refractivity contribution in [3.05, 3.63) is 52.3 Å². The first kappa shape index (κ1) is 14.1. The van der Waals surface area contributed by atoms with Crippen molar-refractivity contribution in [1.82, 2.24) is 15.1 Å². The molecule has 1 aliphatic heterocycles. The molecule has 1 aromatic heterocycles. The Labute approximate surface area is 129 Å². The maximum absolute atomic E-state index is 12.6. The number of nitrogens with zero attached hydrogens (tertiary/aromatic N) is 2. The van der Waals surface area contributed by atoms with Crippen molar-refractivity contribution < 1.29 is 4.79 Å². The van der Waals surface area contributed by atoms with Crippen molar-refractivity contribution in [3.8, 4) is 0 Å². The predicted molar refractivity (Wildman–Crippen MR) is 82.7 cm³/mol. The van der Waals surface area contributed by atoms with E-state index >= 15 is 0 Å². The highest BCUT2D eigenvalue weighted by Gasteiger charge is 2.27. The first-order valence-electron chi connectivity index (χ1n) is 7.20. The van der Waals surface area contributed by atoms with Gasteiger partial charge in [0.15, 0.2) is 0 Å². The number of piperidine rings is 1. The number of hydrogen-bond donors (Lipinski definition) is 1. The van der Waals surface area contributed by atoms with Crippen molar-refractivity contribution in [2.24, 2.45) is 0 Å². The number of likely N-dealkylation sites (tertiary alicyclic amines) is 1.